The maximum absolute atomic E-state index is 13.2. The van der Waals surface area contributed by atoms with Gasteiger partial charge in [0.25, 0.3) is 5.56 Å². The van der Waals surface area contributed by atoms with E-state index < -0.39 is 5.97 Å². The van der Waals surface area contributed by atoms with E-state index >= 15 is 0 Å². The number of nitrogens with zero attached hydrogens (tertiary/aromatic N) is 3. The Morgan fingerprint density at radius 2 is 1.59 bits per heavy atom. The molecule has 2 aromatic carbocycles. The van der Waals surface area contributed by atoms with Gasteiger partial charge in [-0.05, 0) is 48.5 Å². The average Bonchev–Trinajstić information content (AvgIpc) is 3.14. The summed E-state index contributed by atoms with van der Waals surface area (Å²) in [6, 6.07) is 13.8. The molecule has 0 saturated carbocycles. The first kappa shape index (κ1) is 20.9. The quantitative estimate of drug-likeness (QED) is 0.486. The molecule has 0 spiro atoms. The summed E-state index contributed by atoms with van der Waals surface area (Å²) in [4.78, 5) is 36.9. The molecule has 0 unspecified atom stereocenters. The van der Waals surface area contributed by atoms with Crippen LogP contribution < -0.4 is 15.6 Å². The molecule has 32 heavy (non-hydrogen) atoms. The lowest BCUT2D eigenvalue weighted by Crippen LogP contribution is -2.15. The number of aromatic nitrogens is 3. The van der Waals surface area contributed by atoms with Crippen molar-refractivity contribution in [3.63, 3.8) is 0 Å². The molecule has 2 aromatic rings. The Balaban J connectivity index is 1.86. The number of pyridine rings is 1. The molecule has 0 saturated heterocycles. The molecule has 2 heterocycles. The maximum atomic E-state index is 13.2. The highest BCUT2D eigenvalue weighted by atomic mass is 16.5. The predicted octanol–water partition coefficient (Wildman–Crippen LogP) is 2.88. The number of nitrogens with one attached hydrogen (secondary N) is 1. The molecular weight excluding hydrogens is 412 g/mol. The lowest BCUT2D eigenvalue weighted by atomic mass is 10.1. The minimum atomic E-state index is -0.612. The number of methoxy groups -OCH3 is 2. The van der Waals surface area contributed by atoms with Crippen LogP contribution >= 0.6 is 0 Å². The van der Waals surface area contributed by atoms with Crippen molar-refractivity contribution in [2.24, 2.45) is 0 Å². The zero-order valence-electron chi connectivity index (χ0n) is 17.7. The van der Waals surface area contributed by atoms with Gasteiger partial charge in [0.1, 0.15) is 17.0 Å². The van der Waals surface area contributed by atoms with Gasteiger partial charge in [-0.1, -0.05) is 0 Å². The van der Waals surface area contributed by atoms with Crippen LogP contribution in [0.1, 0.15) is 17.3 Å². The van der Waals surface area contributed by atoms with E-state index in [1.54, 1.807) is 72.6 Å². The molecule has 1 N–H and O–H groups in total. The summed E-state index contributed by atoms with van der Waals surface area (Å²) >= 11 is 0. The Bertz CT molecular complexity index is 1320. The smallest absolute Gasteiger partial charge is 0.341 e. The zero-order chi connectivity index (χ0) is 22.8. The number of amides is 1. The SMILES string of the molecule is COC(=O)c1cn(-c2ccc(NC(C)=O)cc2)cc2c(=O)n(-c3ccc(OC)cc3)nc1-2. The highest BCUT2D eigenvalue weighted by Crippen LogP contribution is 2.26. The summed E-state index contributed by atoms with van der Waals surface area (Å²) < 4.78 is 13.0. The zero-order valence-corrected chi connectivity index (χ0v) is 17.7. The molecule has 9 heteroatoms. The van der Waals surface area contributed by atoms with Crippen molar-refractivity contribution in [1.82, 2.24) is 14.3 Å². The van der Waals surface area contributed by atoms with E-state index in [2.05, 4.69) is 10.4 Å². The third kappa shape index (κ3) is 3.83. The van der Waals surface area contributed by atoms with Crippen LogP contribution in [-0.2, 0) is 9.53 Å². The van der Waals surface area contributed by atoms with Crippen LogP contribution in [-0.4, -0.2) is 40.4 Å². The second-order valence-corrected chi connectivity index (χ2v) is 6.98. The number of esters is 1. The van der Waals surface area contributed by atoms with Crippen molar-refractivity contribution in [3.05, 3.63) is 76.8 Å². The molecule has 0 aliphatic carbocycles. The van der Waals surface area contributed by atoms with Gasteiger partial charge in [0.2, 0.25) is 5.91 Å². The number of ether oxygens (including phenoxy) is 2. The third-order valence-electron chi connectivity index (χ3n) is 4.88. The maximum Gasteiger partial charge on any atom is 0.341 e. The number of anilines is 1. The lowest BCUT2D eigenvalue weighted by Gasteiger charge is -2.12. The van der Waals surface area contributed by atoms with E-state index in [0.717, 1.165) is 0 Å². The molecule has 0 bridgehead atoms. The Hall–Kier alpha value is -4.40. The van der Waals surface area contributed by atoms with Gasteiger partial charge < -0.3 is 19.4 Å². The summed E-state index contributed by atoms with van der Waals surface area (Å²) in [5.41, 5.74) is 2.13. The van der Waals surface area contributed by atoms with E-state index in [1.807, 2.05) is 0 Å². The third-order valence-corrected chi connectivity index (χ3v) is 4.88. The molecular formula is C23H20N4O5. The molecule has 0 aromatic heterocycles. The van der Waals surface area contributed by atoms with Crippen molar-refractivity contribution in [3.8, 4) is 28.4 Å². The van der Waals surface area contributed by atoms with E-state index in [-0.39, 0.29) is 28.3 Å². The van der Waals surface area contributed by atoms with E-state index in [4.69, 9.17) is 9.47 Å². The van der Waals surface area contributed by atoms with Gasteiger partial charge in [0.05, 0.1) is 25.5 Å². The Morgan fingerprint density at radius 3 is 2.19 bits per heavy atom. The van der Waals surface area contributed by atoms with Crippen LogP contribution in [0.15, 0.2) is 65.7 Å². The highest BCUT2D eigenvalue weighted by Gasteiger charge is 2.25. The van der Waals surface area contributed by atoms with Crippen molar-refractivity contribution >= 4 is 17.6 Å². The second kappa shape index (κ2) is 8.38. The molecule has 0 fully saturated rings. The Labute approximate surface area is 183 Å². The van der Waals surface area contributed by atoms with Gasteiger partial charge in [-0.15, -0.1) is 0 Å². The first-order valence-corrected chi connectivity index (χ1v) is 9.67. The van der Waals surface area contributed by atoms with Gasteiger partial charge in [-0.3, -0.25) is 9.59 Å². The van der Waals surface area contributed by atoms with Crippen LogP contribution in [0.5, 0.6) is 5.75 Å². The summed E-state index contributed by atoms with van der Waals surface area (Å²) in [6.07, 6.45) is 3.18. The largest absolute Gasteiger partial charge is 0.497 e. The van der Waals surface area contributed by atoms with Crippen molar-refractivity contribution in [2.75, 3.05) is 19.5 Å². The topological polar surface area (TPSA) is 104 Å². The van der Waals surface area contributed by atoms with Gasteiger partial charge in [-0.2, -0.15) is 9.78 Å². The van der Waals surface area contributed by atoms with E-state index in [0.29, 0.717) is 22.8 Å². The van der Waals surface area contributed by atoms with E-state index in [9.17, 15) is 14.4 Å². The first-order chi connectivity index (χ1) is 15.4. The molecule has 9 nitrogen and oxygen atoms in total. The normalized spacial score (nSPS) is 10.7. The number of rotatable bonds is 5. The molecule has 2 aliphatic rings. The predicted molar refractivity (Wildman–Crippen MR) is 118 cm³/mol. The lowest BCUT2D eigenvalue weighted by molar-refractivity contribution is -0.114. The molecule has 0 atom stereocenters. The standard InChI is InChI=1S/C23H20N4O5/c1-14(28)24-15-4-6-16(7-5-15)26-12-19-21(20(13-26)23(30)32-3)25-27(22(19)29)17-8-10-18(31-2)11-9-17/h4-13H,1-3H3,(H,24,28). The summed E-state index contributed by atoms with van der Waals surface area (Å²) in [5.74, 6) is -0.144. The molecule has 0 radical (unpaired) electrons. The van der Waals surface area contributed by atoms with Crippen LogP contribution in [0.25, 0.3) is 22.6 Å². The summed E-state index contributed by atoms with van der Waals surface area (Å²) in [6.45, 7) is 1.43. The first-order valence-electron chi connectivity index (χ1n) is 9.67. The fraction of sp³-hybridized carbons (Fsp3) is 0.130. The fourth-order valence-electron chi connectivity index (χ4n) is 3.33. The van der Waals surface area contributed by atoms with Crippen molar-refractivity contribution < 1.29 is 19.1 Å². The van der Waals surface area contributed by atoms with Crippen molar-refractivity contribution in [1.29, 1.82) is 0 Å². The number of carbonyl (C=O) groups excluding carboxylic acids is 2. The van der Waals surface area contributed by atoms with Crippen molar-refractivity contribution in [2.45, 2.75) is 6.92 Å². The highest BCUT2D eigenvalue weighted by molar-refractivity contribution is 5.96. The molecule has 162 valence electrons. The van der Waals surface area contributed by atoms with Crippen LogP contribution in [0, 0.1) is 0 Å². The number of hydrogen-bond donors (Lipinski definition) is 1. The second-order valence-electron chi connectivity index (χ2n) is 6.98. The number of benzene rings is 2. The molecule has 4 rings (SSSR count). The molecule has 2 aliphatic heterocycles. The van der Waals surface area contributed by atoms with Crippen LogP contribution in [0.4, 0.5) is 5.69 Å². The van der Waals surface area contributed by atoms with Gasteiger partial charge in [0, 0.05) is 30.7 Å². The average molecular weight is 432 g/mol. The monoisotopic (exact) mass is 432 g/mol. The Kier molecular flexibility index (Phi) is 5.46. The summed E-state index contributed by atoms with van der Waals surface area (Å²) in [7, 11) is 2.83. The minimum Gasteiger partial charge on any atom is -0.497 e. The minimum absolute atomic E-state index is 0.153. The van der Waals surface area contributed by atoms with Gasteiger partial charge >= 0.3 is 5.97 Å². The number of hydrogen-bond acceptors (Lipinski definition) is 6. The van der Waals surface area contributed by atoms with E-state index in [1.165, 1.54) is 18.7 Å². The number of carbonyl (C=O) groups is 2. The number of fused-ring (bicyclic) bond motifs is 1. The van der Waals surface area contributed by atoms with Crippen LogP contribution in [0.2, 0.25) is 0 Å². The Morgan fingerprint density at radius 1 is 0.938 bits per heavy atom. The fourth-order valence-corrected chi connectivity index (χ4v) is 3.33. The van der Waals surface area contributed by atoms with Gasteiger partial charge in [0.15, 0.2) is 0 Å². The summed E-state index contributed by atoms with van der Waals surface area (Å²) in [5, 5.41) is 7.09. The van der Waals surface area contributed by atoms with Gasteiger partial charge in [-0.25, -0.2) is 4.79 Å². The van der Waals surface area contributed by atoms with Crippen LogP contribution in [0.3, 0.4) is 0 Å². The molecule has 1 amide bonds.